The summed E-state index contributed by atoms with van der Waals surface area (Å²) in [5.41, 5.74) is 9.87. The predicted octanol–water partition coefficient (Wildman–Crippen LogP) is 8.81. The summed E-state index contributed by atoms with van der Waals surface area (Å²) in [5, 5.41) is 3.26. The molecule has 3 heteroatoms. The summed E-state index contributed by atoms with van der Waals surface area (Å²) in [6.07, 6.45) is 1.85. The lowest BCUT2D eigenvalue weighted by atomic mass is 9.81. The fourth-order valence-electron chi connectivity index (χ4n) is 5.77. The van der Waals surface area contributed by atoms with E-state index in [1.807, 2.05) is 24.4 Å². The Balaban J connectivity index is 1.45. The lowest BCUT2D eigenvalue weighted by Crippen LogP contribution is -2.15. The van der Waals surface area contributed by atoms with Gasteiger partial charge in [-0.1, -0.05) is 80.0 Å². The van der Waals surface area contributed by atoms with E-state index < -0.39 is 0 Å². The van der Waals surface area contributed by atoms with E-state index in [0.717, 1.165) is 16.4 Å². The summed E-state index contributed by atoms with van der Waals surface area (Å²) in [7, 11) is 0. The van der Waals surface area contributed by atoms with Gasteiger partial charge in [-0.3, -0.25) is 4.57 Å². The molecule has 35 heavy (non-hydrogen) atoms. The third-order valence-electron chi connectivity index (χ3n) is 7.52. The van der Waals surface area contributed by atoms with Crippen LogP contribution in [0, 0.1) is 0 Å². The molecule has 0 N–H and O–H groups in total. The third-order valence-corrected chi connectivity index (χ3v) is 7.76. The maximum Gasteiger partial charge on any atom is 0.137 e. The van der Waals surface area contributed by atoms with Crippen LogP contribution >= 0.6 is 11.6 Å². The first kappa shape index (κ1) is 20.5. The molecular weight excluding hydrogens is 448 g/mol. The van der Waals surface area contributed by atoms with Crippen molar-refractivity contribution in [2.45, 2.75) is 19.3 Å². The molecule has 0 radical (unpaired) electrons. The number of benzene rings is 4. The highest BCUT2D eigenvalue weighted by Gasteiger charge is 2.35. The molecule has 0 fully saturated rings. The van der Waals surface area contributed by atoms with Crippen LogP contribution in [-0.2, 0) is 5.41 Å². The molecule has 0 amide bonds. The van der Waals surface area contributed by atoms with E-state index in [9.17, 15) is 0 Å². The molecule has 0 spiro atoms. The van der Waals surface area contributed by atoms with Crippen LogP contribution < -0.4 is 0 Å². The Bertz CT molecular complexity index is 1780. The highest BCUT2D eigenvalue weighted by atomic mass is 35.5. The van der Waals surface area contributed by atoms with Gasteiger partial charge in [-0.2, -0.15) is 0 Å². The monoisotopic (exact) mass is 470 g/mol. The van der Waals surface area contributed by atoms with Gasteiger partial charge >= 0.3 is 0 Å². The zero-order valence-electron chi connectivity index (χ0n) is 19.6. The summed E-state index contributed by atoms with van der Waals surface area (Å²) in [4.78, 5) is 4.67. The van der Waals surface area contributed by atoms with Gasteiger partial charge in [0.2, 0.25) is 0 Å². The van der Waals surface area contributed by atoms with Crippen molar-refractivity contribution in [3.8, 4) is 28.1 Å². The first-order valence-electron chi connectivity index (χ1n) is 11.9. The summed E-state index contributed by atoms with van der Waals surface area (Å²) in [6, 6.07) is 34.6. The van der Waals surface area contributed by atoms with Gasteiger partial charge in [0.25, 0.3) is 0 Å². The normalized spacial score (nSPS) is 13.8. The van der Waals surface area contributed by atoms with Gasteiger partial charge in [-0.25, -0.2) is 4.98 Å². The molecule has 1 aliphatic carbocycles. The minimum Gasteiger partial charge on any atom is -0.294 e. The van der Waals surface area contributed by atoms with Crippen molar-refractivity contribution in [2.24, 2.45) is 0 Å². The minimum atomic E-state index is -0.0987. The molecule has 4 aromatic carbocycles. The van der Waals surface area contributed by atoms with Crippen LogP contribution in [0.2, 0.25) is 5.02 Å². The summed E-state index contributed by atoms with van der Waals surface area (Å²) in [5.74, 6) is 0.929. The van der Waals surface area contributed by atoms with Crippen LogP contribution in [0.1, 0.15) is 25.0 Å². The number of aromatic nitrogens is 2. The predicted molar refractivity (Wildman–Crippen MR) is 147 cm³/mol. The van der Waals surface area contributed by atoms with E-state index in [0.29, 0.717) is 0 Å². The van der Waals surface area contributed by atoms with Crippen molar-refractivity contribution in [1.82, 2.24) is 9.55 Å². The maximum atomic E-state index is 6.37. The Labute approximate surface area is 209 Å². The number of fused-ring (bicyclic) bond motifs is 6. The van der Waals surface area contributed by atoms with E-state index in [2.05, 4.69) is 102 Å². The SMILES string of the molecule is CC1(C)c2cc(Cl)ccc2-c2ccc(-c3ccc4c5ccccc5n(-c5ccccn5)c4c3)cc21. The molecule has 2 aromatic heterocycles. The molecule has 0 unspecified atom stereocenters. The molecule has 6 aromatic rings. The maximum absolute atomic E-state index is 6.37. The summed E-state index contributed by atoms with van der Waals surface area (Å²) in [6.45, 7) is 4.58. The van der Waals surface area contributed by atoms with Crippen LogP contribution in [0.5, 0.6) is 0 Å². The van der Waals surface area contributed by atoms with E-state index in [4.69, 9.17) is 11.6 Å². The van der Waals surface area contributed by atoms with Gasteiger partial charge in [-0.15, -0.1) is 0 Å². The standard InChI is InChI=1S/C32H23ClN2/c1-32(2)27-17-20(10-13-23(27)24-15-12-22(33)19-28(24)32)21-11-14-26-25-7-3-4-8-29(25)35(30(26)18-21)31-9-5-6-16-34-31/h3-19H,1-2H3. The van der Waals surface area contributed by atoms with Crippen molar-refractivity contribution in [3.63, 3.8) is 0 Å². The molecule has 0 saturated carbocycles. The zero-order chi connectivity index (χ0) is 23.7. The lowest BCUT2D eigenvalue weighted by molar-refractivity contribution is 0.660. The minimum absolute atomic E-state index is 0.0987. The van der Waals surface area contributed by atoms with Gasteiger partial charge in [0, 0.05) is 27.4 Å². The average Bonchev–Trinajstić information content (AvgIpc) is 3.33. The highest BCUT2D eigenvalue weighted by Crippen LogP contribution is 2.50. The Hall–Kier alpha value is -3.88. The number of para-hydroxylation sites is 1. The van der Waals surface area contributed by atoms with Crippen molar-refractivity contribution in [1.29, 1.82) is 0 Å². The number of hydrogen-bond donors (Lipinski definition) is 0. The van der Waals surface area contributed by atoms with Crippen LogP contribution in [0.25, 0.3) is 49.9 Å². The van der Waals surface area contributed by atoms with Crippen LogP contribution in [0.3, 0.4) is 0 Å². The van der Waals surface area contributed by atoms with Gasteiger partial charge in [0.15, 0.2) is 0 Å². The molecule has 1 aliphatic rings. The Morgan fingerprint density at radius 1 is 0.657 bits per heavy atom. The van der Waals surface area contributed by atoms with Gasteiger partial charge in [0.05, 0.1) is 11.0 Å². The van der Waals surface area contributed by atoms with Gasteiger partial charge in [-0.05, 0) is 75.8 Å². The van der Waals surface area contributed by atoms with E-state index in [-0.39, 0.29) is 5.41 Å². The number of pyridine rings is 1. The van der Waals surface area contributed by atoms with E-state index in [1.165, 1.54) is 49.7 Å². The summed E-state index contributed by atoms with van der Waals surface area (Å²) >= 11 is 6.37. The van der Waals surface area contributed by atoms with Crippen LogP contribution in [0.4, 0.5) is 0 Å². The highest BCUT2D eigenvalue weighted by molar-refractivity contribution is 6.30. The van der Waals surface area contributed by atoms with Gasteiger partial charge in [0.1, 0.15) is 5.82 Å². The molecule has 168 valence electrons. The molecule has 0 saturated heterocycles. The zero-order valence-corrected chi connectivity index (χ0v) is 20.3. The quantitative estimate of drug-likeness (QED) is 0.247. The van der Waals surface area contributed by atoms with Crippen LogP contribution in [0.15, 0.2) is 103 Å². The van der Waals surface area contributed by atoms with E-state index >= 15 is 0 Å². The molecule has 2 nitrogen and oxygen atoms in total. The molecule has 2 heterocycles. The van der Waals surface area contributed by atoms with Crippen molar-refractivity contribution < 1.29 is 0 Å². The number of halogens is 1. The smallest absolute Gasteiger partial charge is 0.137 e. The first-order valence-corrected chi connectivity index (χ1v) is 12.3. The van der Waals surface area contributed by atoms with E-state index in [1.54, 1.807) is 0 Å². The molecular formula is C32H23ClN2. The number of rotatable bonds is 2. The van der Waals surface area contributed by atoms with Crippen molar-refractivity contribution in [3.05, 3.63) is 119 Å². The second kappa shape index (κ2) is 7.31. The molecule has 0 atom stereocenters. The topological polar surface area (TPSA) is 17.8 Å². The second-order valence-corrected chi connectivity index (χ2v) is 10.3. The fraction of sp³-hybridized carbons (Fsp3) is 0.0938. The van der Waals surface area contributed by atoms with Gasteiger partial charge < -0.3 is 0 Å². The first-order chi connectivity index (χ1) is 17.0. The van der Waals surface area contributed by atoms with Crippen LogP contribution in [-0.4, -0.2) is 9.55 Å². The average molecular weight is 471 g/mol. The summed E-state index contributed by atoms with van der Waals surface area (Å²) < 4.78 is 2.27. The Morgan fingerprint density at radius 2 is 1.34 bits per heavy atom. The second-order valence-electron chi connectivity index (χ2n) is 9.85. The van der Waals surface area contributed by atoms with Crippen molar-refractivity contribution in [2.75, 3.05) is 0 Å². The molecule has 0 bridgehead atoms. The lowest BCUT2D eigenvalue weighted by Gasteiger charge is -2.22. The largest absolute Gasteiger partial charge is 0.294 e. The molecule has 0 aliphatic heterocycles. The Kier molecular flexibility index (Phi) is 4.28. The number of hydrogen-bond acceptors (Lipinski definition) is 1. The van der Waals surface area contributed by atoms with Crippen molar-refractivity contribution >= 4 is 33.4 Å². The fourth-order valence-corrected chi connectivity index (χ4v) is 5.94. The molecule has 7 rings (SSSR count). The number of nitrogens with zero attached hydrogens (tertiary/aromatic N) is 2. The Morgan fingerprint density at radius 3 is 2.17 bits per heavy atom. The third kappa shape index (κ3) is 2.93.